The van der Waals surface area contributed by atoms with Gasteiger partial charge in [-0.3, -0.25) is 5.32 Å². The van der Waals surface area contributed by atoms with Gasteiger partial charge in [0.2, 0.25) is 0 Å². The van der Waals surface area contributed by atoms with Crippen LogP contribution in [0.3, 0.4) is 0 Å². The van der Waals surface area contributed by atoms with E-state index < -0.39 is 18.1 Å². The minimum absolute atomic E-state index is 0.0167. The summed E-state index contributed by atoms with van der Waals surface area (Å²) in [5.74, 6) is 0. The summed E-state index contributed by atoms with van der Waals surface area (Å²) >= 11 is 0. The molecule has 20 heavy (non-hydrogen) atoms. The molecule has 116 valence electrons. The van der Waals surface area contributed by atoms with Gasteiger partial charge in [0.1, 0.15) is 5.54 Å². The van der Waals surface area contributed by atoms with Gasteiger partial charge in [-0.25, -0.2) is 0 Å². The number of nitriles is 1. The van der Waals surface area contributed by atoms with Crippen molar-refractivity contribution in [3.63, 3.8) is 0 Å². The number of hydrogen-bond donors (Lipinski definition) is 1. The molecule has 0 aromatic carbocycles. The van der Waals surface area contributed by atoms with Gasteiger partial charge in [-0.15, -0.1) is 0 Å². The van der Waals surface area contributed by atoms with Gasteiger partial charge in [0.15, 0.2) is 0 Å². The monoisotopic (exact) mass is 292 g/mol. The molecule has 0 aromatic rings. The highest BCUT2D eigenvalue weighted by Gasteiger charge is 2.37. The van der Waals surface area contributed by atoms with Crippen LogP contribution in [0.4, 0.5) is 13.2 Å². The zero-order chi connectivity index (χ0) is 15.2. The largest absolute Gasteiger partial charge is 0.389 e. The van der Waals surface area contributed by atoms with Crippen LogP contribution in [0.1, 0.15) is 52.4 Å². The van der Waals surface area contributed by atoms with Crippen molar-refractivity contribution in [2.24, 2.45) is 0 Å². The molecular weight excluding hydrogens is 269 g/mol. The number of alkyl halides is 3. The highest BCUT2D eigenvalue weighted by Crippen LogP contribution is 2.30. The first-order chi connectivity index (χ1) is 9.26. The molecule has 1 aliphatic carbocycles. The molecule has 0 spiro atoms. The summed E-state index contributed by atoms with van der Waals surface area (Å²) in [6.45, 7) is 4.06. The third-order valence-corrected chi connectivity index (χ3v) is 3.44. The Morgan fingerprint density at radius 2 is 2.15 bits per heavy atom. The predicted octanol–water partition coefficient (Wildman–Crippen LogP) is 3.55. The second kappa shape index (κ2) is 7.28. The molecule has 2 unspecified atom stereocenters. The first kappa shape index (κ1) is 17.3. The lowest BCUT2D eigenvalue weighted by Crippen LogP contribution is -2.52. The summed E-state index contributed by atoms with van der Waals surface area (Å²) in [5, 5.41) is 12.6. The highest BCUT2D eigenvalue weighted by atomic mass is 19.4. The summed E-state index contributed by atoms with van der Waals surface area (Å²) in [6.07, 6.45) is -2.08. The van der Waals surface area contributed by atoms with E-state index >= 15 is 0 Å². The van der Waals surface area contributed by atoms with Crippen LogP contribution in [0.15, 0.2) is 0 Å². The molecule has 0 radical (unpaired) electrons. The normalized spacial score (nSPS) is 27.6. The van der Waals surface area contributed by atoms with Crippen molar-refractivity contribution in [1.29, 1.82) is 5.26 Å². The Morgan fingerprint density at radius 1 is 1.45 bits per heavy atom. The van der Waals surface area contributed by atoms with Crippen LogP contribution in [0, 0.1) is 11.3 Å². The van der Waals surface area contributed by atoms with E-state index in [0.717, 1.165) is 19.3 Å². The van der Waals surface area contributed by atoms with Crippen molar-refractivity contribution >= 4 is 0 Å². The Balaban J connectivity index is 2.39. The Morgan fingerprint density at radius 3 is 2.70 bits per heavy atom. The van der Waals surface area contributed by atoms with Crippen molar-refractivity contribution < 1.29 is 17.9 Å². The maximum Gasteiger partial charge on any atom is 0.389 e. The molecule has 1 rings (SSSR count). The third kappa shape index (κ3) is 6.10. The topological polar surface area (TPSA) is 45.0 Å². The van der Waals surface area contributed by atoms with Crippen LogP contribution < -0.4 is 5.32 Å². The lowest BCUT2D eigenvalue weighted by atomic mass is 9.80. The molecule has 6 heteroatoms. The van der Waals surface area contributed by atoms with E-state index in [9.17, 15) is 18.4 Å². The van der Waals surface area contributed by atoms with Gasteiger partial charge in [-0.05, 0) is 39.5 Å². The van der Waals surface area contributed by atoms with Crippen molar-refractivity contribution in [2.75, 3.05) is 6.61 Å². The highest BCUT2D eigenvalue weighted by molar-refractivity contribution is 5.10. The lowest BCUT2D eigenvalue weighted by molar-refractivity contribution is -0.139. The van der Waals surface area contributed by atoms with E-state index in [4.69, 9.17) is 4.74 Å². The smallest absolute Gasteiger partial charge is 0.378 e. The molecule has 0 aromatic heterocycles. The predicted molar refractivity (Wildman–Crippen MR) is 70.1 cm³/mol. The standard InChI is InChI=1S/C14H23F3N2O/c1-11(2)19-13(10-18)6-3-5-12(9-13)20-8-4-7-14(15,16)17/h11-12,19H,3-9H2,1-2H3. The summed E-state index contributed by atoms with van der Waals surface area (Å²) in [7, 11) is 0. The molecule has 1 aliphatic rings. The lowest BCUT2D eigenvalue weighted by Gasteiger charge is -2.37. The summed E-state index contributed by atoms with van der Waals surface area (Å²) < 4.78 is 41.6. The molecule has 2 atom stereocenters. The van der Waals surface area contributed by atoms with Crippen LogP contribution in [-0.4, -0.2) is 30.5 Å². The van der Waals surface area contributed by atoms with E-state index in [2.05, 4.69) is 11.4 Å². The van der Waals surface area contributed by atoms with Crippen LogP contribution in [0.2, 0.25) is 0 Å². The fraction of sp³-hybridized carbons (Fsp3) is 0.929. The van der Waals surface area contributed by atoms with Gasteiger partial charge in [0.25, 0.3) is 0 Å². The Kier molecular flexibility index (Phi) is 6.28. The first-order valence-corrected chi connectivity index (χ1v) is 7.14. The number of hydrogen-bond acceptors (Lipinski definition) is 3. The van der Waals surface area contributed by atoms with E-state index in [-0.39, 0.29) is 25.2 Å². The van der Waals surface area contributed by atoms with Crippen LogP contribution in [0.25, 0.3) is 0 Å². The SMILES string of the molecule is CC(C)NC1(C#N)CCCC(OCCCC(F)(F)F)C1. The number of nitrogens with one attached hydrogen (secondary N) is 1. The number of nitrogens with zero attached hydrogens (tertiary/aromatic N) is 1. The average Bonchev–Trinajstić information content (AvgIpc) is 2.33. The zero-order valence-corrected chi connectivity index (χ0v) is 12.1. The van der Waals surface area contributed by atoms with Crippen molar-refractivity contribution in [3.05, 3.63) is 0 Å². The van der Waals surface area contributed by atoms with Crippen LogP contribution in [0.5, 0.6) is 0 Å². The molecule has 1 fully saturated rings. The van der Waals surface area contributed by atoms with Gasteiger partial charge >= 0.3 is 6.18 Å². The second-order valence-corrected chi connectivity index (χ2v) is 5.80. The second-order valence-electron chi connectivity index (χ2n) is 5.80. The molecule has 0 aliphatic heterocycles. The molecule has 1 N–H and O–H groups in total. The van der Waals surface area contributed by atoms with Crippen molar-refractivity contribution in [3.8, 4) is 6.07 Å². The maximum atomic E-state index is 12.0. The number of halogens is 3. The number of rotatable bonds is 6. The summed E-state index contributed by atoms with van der Waals surface area (Å²) in [5.41, 5.74) is -0.596. The molecule has 0 saturated heterocycles. The number of ether oxygens (including phenoxy) is 1. The maximum absolute atomic E-state index is 12.0. The fourth-order valence-electron chi connectivity index (χ4n) is 2.71. The van der Waals surface area contributed by atoms with Crippen molar-refractivity contribution in [1.82, 2.24) is 5.32 Å². The molecule has 3 nitrogen and oxygen atoms in total. The van der Waals surface area contributed by atoms with E-state index in [0.29, 0.717) is 6.42 Å². The quantitative estimate of drug-likeness (QED) is 0.761. The third-order valence-electron chi connectivity index (χ3n) is 3.44. The van der Waals surface area contributed by atoms with Gasteiger partial charge in [0, 0.05) is 25.5 Å². The average molecular weight is 292 g/mol. The molecule has 0 amide bonds. The van der Waals surface area contributed by atoms with Gasteiger partial charge in [0.05, 0.1) is 12.2 Å². The Bertz CT molecular complexity index is 338. The molecule has 0 heterocycles. The Hall–Kier alpha value is -0.800. The molecule has 0 bridgehead atoms. The van der Waals surface area contributed by atoms with E-state index in [1.807, 2.05) is 13.8 Å². The van der Waals surface area contributed by atoms with Gasteiger partial charge in [-0.2, -0.15) is 18.4 Å². The molecule has 1 saturated carbocycles. The minimum atomic E-state index is -4.12. The van der Waals surface area contributed by atoms with E-state index in [1.54, 1.807) is 0 Å². The fourth-order valence-corrected chi connectivity index (χ4v) is 2.71. The minimum Gasteiger partial charge on any atom is -0.378 e. The summed E-state index contributed by atoms with van der Waals surface area (Å²) in [4.78, 5) is 0. The van der Waals surface area contributed by atoms with Crippen LogP contribution in [-0.2, 0) is 4.74 Å². The van der Waals surface area contributed by atoms with E-state index in [1.165, 1.54) is 0 Å². The first-order valence-electron chi connectivity index (χ1n) is 7.14. The Labute approximate surface area is 118 Å². The summed E-state index contributed by atoms with van der Waals surface area (Å²) in [6, 6.07) is 2.52. The van der Waals surface area contributed by atoms with Crippen molar-refractivity contribution in [2.45, 2.75) is 76.2 Å². The van der Waals surface area contributed by atoms with Gasteiger partial charge in [-0.1, -0.05) is 0 Å². The molecular formula is C14H23F3N2O. The van der Waals surface area contributed by atoms with Gasteiger partial charge < -0.3 is 4.74 Å². The zero-order valence-electron chi connectivity index (χ0n) is 12.1. The van der Waals surface area contributed by atoms with Crippen LogP contribution >= 0.6 is 0 Å².